The number of esters is 1. The van der Waals surface area contributed by atoms with Crippen molar-refractivity contribution in [3.05, 3.63) is 0 Å². The van der Waals surface area contributed by atoms with Gasteiger partial charge in [-0.05, 0) is 41.5 Å². The second-order valence-corrected chi connectivity index (χ2v) is 8.93. The highest BCUT2D eigenvalue weighted by molar-refractivity contribution is 5.71. The van der Waals surface area contributed by atoms with Crippen molar-refractivity contribution in [3.8, 4) is 0 Å². The lowest BCUT2D eigenvalue weighted by molar-refractivity contribution is -0.142. The van der Waals surface area contributed by atoms with Crippen LogP contribution < -0.4 is 10.6 Å². The van der Waals surface area contributed by atoms with Crippen molar-refractivity contribution >= 4 is 18.2 Å². The van der Waals surface area contributed by atoms with Crippen LogP contribution in [0.5, 0.6) is 0 Å². The summed E-state index contributed by atoms with van der Waals surface area (Å²) in [6.07, 6.45) is -0.988. The number of amides is 2. The zero-order chi connectivity index (χ0) is 24.6. The van der Waals surface area contributed by atoms with Crippen LogP contribution in [0.25, 0.3) is 0 Å². The van der Waals surface area contributed by atoms with E-state index in [1.165, 1.54) is 7.11 Å². The van der Waals surface area contributed by atoms with Crippen molar-refractivity contribution in [1.82, 2.24) is 15.5 Å². The molecule has 0 spiro atoms. The molecule has 0 fully saturated rings. The Morgan fingerprint density at radius 3 is 1.47 bits per heavy atom. The van der Waals surface area contributed by atoms with Crippen LogP contribution in [0, 0.1) is 0 Å². The van der Waals surface area contributed by atoms with E-state index >= 15 is 0 Å². The molecule has 0 saturated heterocycles. The third kappa shape index (κ3) is 19.8. The molecular weight excluding hydrogens is 422 g/mol. The summed E-state index contributed by atoms with van der Waals surface area (Å²) in [4.78, 5) is 36.6. The van der Waals surface area contributed by atoms with Crippen molar-refractivity contribution in [2.24, 2.45) is 0 Å². The highest BCUT2D eigenvalue weighted by atomic mass is 16.6. The summed E-state index contributed by atoms with van der Waals surface area (Å²) in [5, 5.41) is 5.22. The van der Waals surface area contributed by atoms with E-state index in [4.69, 9.17) is 23.7 Å². The molecule has 0 saturated carbocycles. The van der Waals surface area contributed by atoms with Gasteiger partial charge in [-0.3, -0.25) is 9.69 Å². The maximum atomic E-state index is 11.6. The molecule has 2 N–H and O–H groups in total. The third-order valence-corrected chi connectivity index (χ3v) is 3.51. The minimum absolute atomic E-state index is 0.107. The predicted molar refractivity (Wildman–Crippen MR) is 119 cm³/mol. The molecule has 0 unspecified atom stereocenters. The standard InChI is InChI=1S/C21H41N3O8/c1-20(2,3)31-18(26)22-8-12-29-14-10-24(16-17(25)28-7)11-15-30-13-9-23-19(27)32-21(4,5)6/h8-16H2,1-7H3,(H,22,26)(H,23,27). The van der Waals surface area contributed by atoms with Gasteiger partial charge in [0.1, 0.15) is 11.2 Å². The number of rotatable bonds is 14. The molecule has 0 rings (SSSR count). The molecule has 32 heavy (non-hydrogen) atoms. The highest BCUT2D eigenvalue weighted by Crippen LogP contribution is 2.06. The van der Waals surface area contributed by atoms with Crippen molar-refractivity contribution in [1.29, 1.82) is 0 Å². The Bertz CT molecular complexity index is 518. The molecule has 0 aromatic heterocycles. The number of methoxy groups -OCH3 is 1. The molecule has 188 valence electrons. The fraction of sp³-hybridized carbons (Fsp3) is 0.857. The minimum Gasteiger partial charge on any atom is -0.468 e. The van der Waals surface area contributed by atoms with E-state index < -0.39 is 23.4 Å². The second kappa shape index (κ2) is 15.7. The Kier molecular flexibility index (Phi) is 14.6. The van der Waals surface area contributed by atoms with Crippen molar-refractivity contribution in [2.75, 3.05) is 66.3 Å². The molecule has 0 aliphatic heterocycles. The molecule has 0 aromatic rings. The van der Waals surface area contributed by atoms with Crippen LogP contribution in [-0.2, 0) is 28.5 Å². The molecule has 0 radical (unpaired) electrons. The van der Waals surface area contributed by atoms with E-state index in [1.54, 1.807) is 41.5 Å². The zero-order valence-electron chi connectivity index (χ0n) is 20.6. The first kappa shape index (κ1) is 29.9. The van der Waals surface area contributed by atoms with Gasteiger partial charge in [-0.15, -0.1) is 0 Å². The van der Waals surface area contributed by atoms with E-state index in [2.05, 4.69) is 10.6 Å². The van der Waals surface area contributed by atoms with Gasteiger partial charge >= 0.3 is 18.2 Å². The Hall–Kier alpha value is -2.11. The Morgan fingerprint density at radius 1 is 0.719 bits per heavy atom. The van der Waals surface area contributed by atoms with Gasteiger partial charge in [-0.1, -0.05) is 0 Å². The number of carbonyl (C=O) groups excluding carboxylic acids is 3. The summed E-state index contributed by atoms with van der Waals surface area (Å²) < 4.78 is 26.0. The molecule has 0 aliphatic rings. The lowest BCUT2D eigenvalue weighted by Crippen LogP contribution is -2.37. The van der Waals surface area contributed by atoms with E-state index in [9.17, 15) is 14.4 Å². The average Bonchev–Trinajstić information content (AvgIpc) is 2.63. The number of alkyl carbamates (subject to hydrolysis) is 2. The summed E-state index contributed by atoms with van der Waals surface area (Å²) in [6.45, 7) is 13.8. The largest absolute Gasteiger partial charge is 0.468 e. The zero-order valence-corrected chi connectivity index (χ0v) is 20.6. The first-order valence-electron chi connectivity index (χ1n) is 10.7. The summed E-state index contributed by atoms with van der Waals surface area (Å²) >= 11 is 0. The van der Waals surface area contributed by atoms with Crippen LogP contribution in [0.4, 0.5) is 9.59 Å². The van der Waals surface area contributed by atoms with Crippen LogP contribution in [0.2, 0.25) is 0 Å². The van der Waals surface area contributed by atoms with E-state index in [-0.39, 0.29) is 12.5 Å². The number of carbonyl (C=O) groups is 3. The molecule has 2 amide bonds. The summed E-state index contributed by atoms with van der Waals surface area (Å²) in [6, 6.07) is 0. The summed E-state index contributed by atoms with van der Waals surface area (Å²) in [7, 11) is 1.33. The van der Waals surface area contributed by atoms with Gasteiger partial charge in [-0.2, -0.15) is 0 Å². The maximum Gasteiger partial charge on any atom is 0.407 e. The van der Waals surface area contributed by atoms with Gasteiger partial charge in [0.2, 0.25) is 0 Å². The van der Waals surface area contributed by atoms with Gasteiger partial charge < -0.3 is 34.3 Å². The van der Waals surface area contributed by atoms with E-state index in [0.29, 0.717) is 52.6 Å². The number of nitrogens with zero attached hydrogens (tertiary/aromatic N) is 1. The van der Waals surface area contributed by atoms with Gasteiger partial charge in [-0.25, -0.2) is 9.59 Å². The molecular formula is C21H41N3O8. The van der Waals surface area contributed by atoms with Gasteiger partial charge in [0.05, 0.1) is 40.1 Å². The lowest BCUT2D eigenvalue weighted by atomic mass is 10.2. The topological polar surface area (TPSA) is 125 Å². The number of nitrogens with one attached hydrogen (secondary N) is 2. The molecule has 11 heteroatoms. The van der Waals surface area contributed by atoms with Crippen LogP contribution in [0.1, 0.15) is 41.5 Å². The van der Waals surface area contributed by atoms with Crippen LogP contribution in [-0.4, -0.2) is 101 Å². The smallest absolute Gasteiger partial charge is 0.407 e. The van der Waals surface area contributed by atoms with Gasteiger partial charge in [0.15, 0.2) is 0 Å². The first-order chi connectivity index (χ1) is 14.8. The SMILES string of the molecule is COC(=O)CN(CCOCCNC(=O)OC(C)(C)C)CCOCCNC(=O)OC(C)(C)C. The maximum absolute atomic E-state index is 11.6. The fourth-order valence-corrected chi connectivity index (χ4v) is 2.19. The fourth-order valence-electron chi connectivity index (χ4n) is 2.19. The van der Waals surface area contributed by atoms with Gasteiger partial charge in [0, 0.05) is 26.2 Å². The normalized spacial score (nSPS) is 11.8. The minimum atomic E-state index is -0.548. The van der Waals surface area contributed by atoms with E-state index in [1.807, 2.05) is 4.90 Å². The average molecular weight is 464 g/mol. The third-order valence-electron chi connectivity index (χ3n) is 3.51. The number of hydrogen-bond acceptors (Lipinski definition) is 9. The highest BCUT2D eigenvalue weighted by Gasteiger charge is 2.16. The van der Waals surface area contributed by atoms with Crippen molar-refractivity contribution in [2.45, 2.75) is 52.7 Å². The monoisotopic (exact) mass is 463 g/mol. The molecule has 0 atom stereocenters. The Balaban J connectivity index is 4.02. The summed E-state index contributed by atoms with van der Waals surface area (Å²) in [5.74, 6) is -0.358. The molecule has 0 bridgehead atoms. The quantitative estimate of drug-likeness (QED) is 0.224. The van der Waals surface area contributed by atoms with Gasteiger partial charge in [0.25, 0.3) is 0 Å². The Morgan fingerprint density at radius 2 is 1.12 bits per heavy atom. The lowest BCUT2D eigenvalue weighted by Gasteiger charge is -2.21. The molecule has 11 nitrogen and oxygen atoms in total. The van der Waals surface area contributed by atoms with Crippen molar-refractivity contribution < 1.29 is 38.1 Å². The Labute approximate surface area is 191 Å². The second-order valence-electron chi connectivity index (χ2n) is 8.93. The van der Waals surface area contributed by atoms with E-state index in [0.717, 1.165) is 0 Å². The van der Waals surface area contributed by atoms with Crippen LogP contribution >= 0.6 is 0 Å². The number of ether oxygens (including phenoxy) is 5. The molecule has 0 aromatic carbocycles. The predicted octanol–water partition coefficient (Wildman–Crippen LogP) is 1.54. The van der Waals surface area contributed by atoms with Crippen LogP contribution in [0.15, 0.2) is 0 Å². The van der Waals surface area contributed by atoms with Crippen molar-refractivity contribution in [3.63, 3.8) is 0 Å². The van der Waals surface area contributed by atoms with Crippen LogP contribution in [0.3, 0.4) is 0 Å². The molecule has 0 heterocycles. The number of hydrogen-bond donors (Lipinski definition) is 2. The summed E-state index contributed by atoms with van der Waals surface area (Å²) in [5.41, 5.74) is -1.10. The first-order valence-corrected chi connectivity index (χ1v) is 10.7. The molecule has 0 aliphatic carbocycles.